The summed E-state index contributed by atoms with van der Waals surface area (Å²) in [6, 6.07) is 5.63. The average Bonchev–Trinajstić information content (AvgIpc) is 2.95. The molecule has 0 aromatic carbocycles. The number of pyridine rings is 1. The summed E-state index contributed by atoms with van der Waals surface area (Å²) in [6.07, 6.45) is 4.44. The zero-order valence-electron chi connectivity index (χ0n) is 11.0. The molecule has 0 bridgehead atoms. The third kappa shape index (κ3) is 2.64. The minimum atomic E-state index is -0.491. The van der Waals surface area contributed by atoms with Gasteiger partial charge in [0.1, 0.15) is 0 Å². The molecule has 0 saturated heterocycles. The van der Waals surface area contributed by atoms with E-state index in [2.05, 4.69) is 16.4 Å². The van der Waals surface area contributed by atoms with Crippen molar-refractivity contribution in [2.45, 2.75) is 25.3 Å². The quantitative estimate of drug-likeness (QED) is 0.900. The number of anilines is 1. The highest BCUT2D eigenvalue weighted by Crippen LogP contribution is 2.28. The van der Waals surface area contributed by atoms with Gasteiger partial charge < -0.3 is 11.1 Å². The van der Waals surface area contributed by atoms with E-state index in [9.17, 15) is 0 Å². The monoisotopic (exact) mass is 285 g/mol. The molecular weight excluding hydrogens is 270 g/mol. The highest BCUT2D eigenvalue weighted by Gasteiger charge is 2.13. The first-order valence-electron chi connectivity index (χ1n) is 6.60. The maximum Gasteiger partial charge on any atom is 0.0992 e. The molecule has 3 N–H and O–H groups in total. The lowest BCUT2D eigenvalue weighted by Crippen LogP contribution is -2.19. The number of aromatic nitrogens is 2. The number of nitriles is 1. The van der Waals surface area contributed by atoms with Crippen LogP contribution in [0.2, 0.25) is 0 Å². The molecule has 5 nitrogen and oxygen atoms in total. The van der Waals surface area contributed by atoms with Crippen LogP contribution in [0.25, 0.3) is 10.6 Å². The van der Waals surface area contributed by atoms with Crippen LogP contribution in [0, 0.1) is 11.3 Å². The fourth-order valence-corrected chi connectivity index (χ4v) is 3.17. The fourth-order valence-electron chi connectivity index (χ4n) is 2.23. The van der Waals surface area contributed by atoms with Crippen LogP contribution in [0.5, 0.6) is 0 Å². The lowest BCUT2D eigenvalue weighted by atomic mass is 10.1. The highest BCUT2D eigenvalue weighted by molar-refractivity contribution is 7.15. The van der Waals surface area contributed by atoms with Gasteiger partial charge in [-0.3, -0.25) is 0 Å². The van der Waals surface area contributed by atoms with Gasteiger partial charge in [-0.05, 0) is 25.0 Å². The summed E-state index contributed by atoms with van der Waals surface area (Å²) in [5.74, 6) is 0. The number of thiazole rings is 1. The van der Waals surface area contributed by atoms with Crippen molar-refractivity contribution in [3.8, 4) is 16.6 Å². The van der Waals surface area contributed by atoms with E-state index in [1.54, 1.807) is 11.3 Å². The molecule has 102 valence electrons. The normalized spacial score (nSPS) is 15.0. The summed E-state index contributed by atoms with van der Waals surface area (Å²) < 4.78 is 0. The Morgan fingerprint density at radius 3 is 3.25 bits per heavy atom. The number of nitrogens with zero attached hydrogens (tertiary/aromatic N) is 3. The average molecular weight is 285 g/mol. The second kappa shape index (κ2) is 5.57. The van der Waals surface area contributed by atoms with Crippen molar-refractivity contribution >= 4 is 17.0 Å². The number of hydrogen-bond acceptors (Lipinski definition) is 6. The summed E-state index contributed by atoms with van der Waals surface area (Å²) in [5, 5.41) is 13.0. The van der Waals surface area contributed by atoms with Crippen molar-refractivity contribution in [2.75, 3.05) is 11.9 Å². The second-order valence-corrected chi connectivity index (χ2v) is 5.89. The minimum absolute atomic E-state index is 0.491. The molecule has 0 unspecified atom stereocenters. The summed E-state index contributed by atoms with van der Waals surface area (Å²) >= 11 is 1.56. The molecule has 1 aliphatic rings. The van der Waals surface area contributed by atoms with Crippen molar-refractivity contribution in [3.63, 3.8) is 0 Å². The predicted octanol–water partition coefficient (Wildman–Crippen LogP) is 1.96. The van der Waals surface area contributed by atoms with Gasteiger partial charge in [0.2, 0.25) is 0 Å². The van der Waals surface area contributed by atoms with Gasteiger partial charge in [-0.15, -0.1) is 11.3 Å². The van der Waals surface area contributed by atoms with Gasteiger partial charge in [0, 0.05) is 19.2 Å². The van der Waals surface area contributed by atoms with Gasteiger partial charge >= 0.3 is 0 Å². The molecule has 0 fully saturated rings. The third-order valence-corrected chi connectivity index (χ3v) is 4.29. The Bertz CT molecular complexity index is 658. The number of hydrogen-bond donors (Lipinski definition) is 2. The van der Waals surface area contributed by atoms with E-state index in [0.29, 0.717) is 6.42 Å². The predicted molar refractivity (Wildman–Crippen MR) is 79.4 cm³/mol. The second-order valence-electron chi connectivity index (χ2n) is 4.78. The van der Waals surface area contributed by atoms with Gasteiger partial charge in [0.25, 0.3) is 0 Å². The first-order chi connectivity index (χ1) is 9.76. The van der Waals surface area contributed by atoms with Gasteiger partial charge in [0.15, 0.2) is 0 Å². The first-order valence-corrected chi connectivity index (χ1v) is 7.42. The fraction of sp³-hybridized carbons (Fsp3) is 0.357. The van der Waals surface area contributed by atoms with Gasteiger partial charge in [-0.1, -0.05) is 0 Å². The Hall–Kier alpha value is -1.97. The third-order valence-electron chi connectivity index (χ3n) is 3.25. The minimum Gasteiger partial charge on any atom is -0.384 e. The molecule has 6 heteroatoms. The lowest BCUT2D eigenvalue weighted by molar-refractivity contribution is 0.803. The number of nitrogens with two attached hydrogens (primary N) is 1. The number of fused-ring (bicyclic) bond motifs is 1. The van der Waals surface area contributed by atoms with Crippen molar-refractivity contribution in [2.24, 2.45) is 5.73 Å². The Balaban J connectivity index is 1.84. The van der Waals surface area contributed by atoms with Gasteiger partial charge in [-0.25, -0.2) is 9.97 Å². The molecule has 3 heterocycles. The van der Waals surface area contributed by atoms with Crippen molar-refractivity contribution in [1.82, 2.24) is 9.97 Å². The molecule has 2 aromatic heterocycles. The largest absolute Gasteiger partial charge is 0.384 e. The molecule has 0 spiro atoms. The van der Waals surface area contributed by atoms with Crippen molar-refractivity contribution in [3.05, 3.63) is 29.0 Å². The van der Waals surface area contributed by atoms with Crippen LogP contribution >= 0.6 is 11.3 Å². The van der Waals surface area contributed by atoms with Crippen LogP contribution in [0.4, 0.5) is 5.69 Å². The van der Waals surface area contributed by atoms with Gasteiger partial charge in [0.05, 0.1) is 39.1 Å². The Kier molecular flexibility index (Phi) is 3.63. The van der Waals surface area contributed by atoms with Crippen molar-refractivity contribution < 1.29 is 0 Å². The van der Waals surface area contributed by atoms with E-state index in [-0.39, 0.29) is 0 Å². The SMILES string of the molecule is N#C[C@@H](N)Cc1ncc(-c2ccc3c(n2)CCCN3)s1. The van der Waals surface area contributed by atoms with Crippen LogP contribution in [-0.2, 0) is 12.8 Å². The maximum atomic E-state index is 8.73. The molecule has 0 radical (unpaired) electrons. The summed E-state index contributed by atoms with van der Waals surface area (Å²) in [7, 11) is 0. The van der Waals surface area contributed by atoms with E-state index in [1.807, 2.05) is 18.3 Å². The first kappa shape index (κ1) is 13.0. The molecule has 2 aromatic rings. The Labute approximate surface area is 121 Å². The van der Waals surface area contributed by atoms with Crippen LogP contribution < -0.4 is 11.1 Å². The topological polar surface area (TPSA) is 87.6 Å². The molecule has 0 amide bonds. The Morgan fingerprint density at radius 1 is 1.50 bits per heavy atom. The van der Waals surface area contributed by atoms with E-state index in [1.165, 1.54) is 0 Å². The van der Waals surface area contributed by atoms with Crippen LogP contribution in [-0.4, -0.2) is 22.6 Å². The Morgan fingerprint density at radius 2 is 2.40 bits per heavy atom. The lowest BCUT2D eigenvalue weighted by Gasteiger charge is -2.17. The summed E-state index contributed by atoms with van der Waals surface area (Å²) in [5.41, 5.74) is 8.83. The molecule has 1 atom stereocenters. The van der Waals surface area contributed by atoms with E-state index < -0.39 is 6.04 Å². The highest BCUT2D eigenvalue weighted by atomic mass is 32.1. The van der Waals surface area contributed by atoms with Gasteiger partial charge in [-0.2, -0.15) is 5.26 Å². The number of nitrogens with one attached hydrogen (secondary N) is 1. The van der Waals surface area contributed by atoms with E-state index in [4.69, 9.17) is 16.0 Å². The number of rotatable bonds is 3. The summed E-state index contributed by atoms with van der Waals surface area (Å²) in [4.78, 5) is 10.1. The van der Waals surface area contributed by atoms with Crippen LogP contribution in [0.1, 0.15) is 17.1 Å². The molecule has 20 heavy (non-hydrogen) atoms. The maximum absolute atomic E-state index is 8.73. The van der Waals surface area contributed by atoms with Crippen molar-refractivity contribution in [1.29, 1.82) is 5.26 Å². The standard InChI is InChI=1S/C14H15N5S/c15-7-9(16)6-14-18-8-13(20-14)12-4-3-10-11(19-12)2-1-5-17-10/h3-4,8-9,17H,1-2,5-6,16H2/t9-/m0/s1. The van der Waals surface area contributed by atoms with Crippen LogP contribution in [0.15, 0.2) is 18.3 Å². The molecule has 0 aliphatic carbocycles. The smallest absolute Gasteiger partial charge is 0.0992 e. The van der Waals surface area contributed by atoms with E-state index >= 15 is 0 Å². The molecular formula is C14H15N5S. The molecule has 3 rings (SSSR count). The zero-order chi connectivity index (χ0) is 13.9. The molecule has 0 saturated carbocycles. The summed E-state index contributed by atoms with van der Waals surface area (Å²) in [6.45, 7) is 1.02. The molecule has 1 aliphatic heterocycles. The van der Waals surface area contributed by atoms with E-state index in [0.717, 1.165) is 46.3 Å². The van der Waals surface area contributed by atoms with Crippen LogP contribution in [0.3, 0.4) is 0 Å². The number of aryl methyl sites for hydroxylation is 1. The zero-order valence-corrected chi connectivity index (χ0v) is 11.8.